The lowest BCUT2D eigenvalue weighted by molar-refractivity contribution is 0.387. The first kappa shape index (κ1) is 18.4. The molecule has 0 N–H and O–H groups in total. The summed E-state index contributed by atoms with van der Waals surface area (Å²) in [6.07, 6.45) is 4.27. The van der Waals surface area contributed by atoms with Crippen molar-refractivity contribution in [1.82, 2.24) is 9.55 Å². The highest BCUT2D eigenvalue weighted by atomic mass is 19.1. The minimum absolute atomic E-state index is 0.0121. The summed E-state index contributed by atoms with van der Waals surface area (Å²) in [6, 6.07) is 14.8. The van der Waals surface area contributed by atoms with Crippen LogP contribution in [0.3, 0.4) is 0 Å². The lowest BCUT2D eigenvalue weighted by atomic mass is 9.96. The summed E-state index contributed by atoms with van der Waals surface area (Å²) in [4.78, 5) is 18.1. The first-order valence-corrected chi connectivity index (χ1v) is 9.68. The highest BCUT2D eigenvalue weighted by Gasteiger charge is 2.22. The fourth-order valence-electron chi connectivity index (χ4n) is 3.88. The molecule has 2 aromatic carbocycles. The zero-order valence-electron chi connectivity index (χ0n) is 16.0. The van der Waals surface area contributed by atoms with E-state index in [0.717, 1.165) is 42.5 Å². The summed E-state index contributed by atoms with van der Waals surface area (Å²) < 4.78 is 21.3. The van der Waals surface area contributed by atoms with Gasteiger partial charge in [-0.05, 0) is 49.8 Å². The number of halogens is 1. The fraction of sp³-hybridized carbons (Fsp3) is 0.304. The lowest BCUT2D eigenvalue weighted by Crippen LogP contribution is -2.31. The SMILES string of the molecule is COc1c(F)cccc1-c1nc2c(c(=O)n1CCc1ccccc1)CCCC2. The van der Waals surface area contributed by atoms with Crippen LogP contribution in [-0.2, 0) is 25.8 Å². The number of aromatic nitrogens is 2. The Morgan fingerprint density at radius 2 is 1.86 bits per heavy atom. The molecule has 1 heterocycles. The number of hydrogen-bond donors (Lipinski definition) is 0. The Bertz CT molecular complexity index is 1040. The van der Waals surface area contributed by atoms with Gasteiger partial charge in [0.2, 0.25) is 0 Å². The number of hydrogen-bond acceptors (Lipinski definition) is 3. The molecule has 144 valence electrons. The molecule has 0 aliphatic heterocycles. The number of aryl methyl sites for hydroxylation is 2. The summed E-state index contributed by atoms with van der Waals surface area (Å²) in [5.41, 5.74) is 3.29. The van der Waals surface area contributed by atoms with Crippen molar-refractivity contribution in [2.24, 2.45) is 0 Å². The molecule has 0 saturated carbocycles. The summed E-state index contributed by atoms with van der Waals surface area (Å²) in [5.74, 6) is 0.151. The predicted octanol–water partition coefficient (Wildman–Crippen LogP) is 4.18. The molecule has 0 amide bonds. The summed E-state index contributed by atoms with van der Waals surface area (Å²) >= 11 is 0. The van der Waals surface area contributed by atoms with Crippen LogP contribution in [0.4, 0.5) is 4.39 Å². The minimum Gasteiger partial charge on any atom is -0.493 e. The normalized spacial score (nSPS) is 13.2. The summed E-state index contributed by atoms with van der Waals surface area (Å²) in [6.45, 7) is 0.484. The highest BCUT2D eigenvalue weighted by Crippen LogP contribution is 2.32. The van der Waals surface area contributed by atoms with E-state index in [9.17, 15) is 9.18 Å². The maximum Gasteiger partial charge on any atom is 0.257 e. The van der Waals surface area contributed by atoms with Gasteiger partial charge in [-0.2, -0.15) is 0 Å². The second-order valence-electron chi connectivity index (χ2n) is 7.08. The largest absolute Gasteiger partial charge is 0.493 e. The van der Waals surface area contributed by atoms with Crippen molar-refractivity contribution in [2.75, 3.05) is 7.11 Å². The van der Waals surface area contributed by atoms with Gasteiger partial charge in [-0.15, -0.1) is 0 Å². The van der Waals surface area contributed by atoms with E-state index >= 15 is 0 Å². The van der Waals surface area contributed by atoms with E-state index in [2.05, 4.69) is 0 Å². The predicted molar refractivity (Wildman–Crippen MR) is 107 cm³/mol. The van der Waals surface area contributed by atoms with Crippen molar-refractivity contribution in [3.8, 4) is 17.1 Å². The molecular weight excluding hydrogens is 355 g/mol. The average Bonchev–Trinajstić information content (AvgIpc) is 2.73. The van der Waals surface area contributed by atoms with E-state index in [1.165, 1.54) is 13.2 Å². The first-order chi connectivity index (χ1) is 13.7. The highest BCUT2D eigenvalue weighted by molar-refractivity contribution is 5.65. The van der Waals surface area contributed by atoms with Crippen LogP contribution in [0.15, 0.2) is 53.3 Å². The molecule has 1 aliphatic rings. The molecule has 28 heavy (non-hydrogen) atoms. The van der Waals surface area contributed by atoms with E-state index in [-0.39, 0.29) is 11.3 Å². The molecule has 0 bridgehead atoms. The Kier molecular flexibility index (Phi) is 5.24. The van der Waals surface area contributed by atoms with Gasteiger partial charge in [-0.3, -0.25) is 9.36 Å². The van der Waals surface area contributed by atoms with Gasteiger partial charge in [-0.1, -0.05) is 36.4 Å². The molecular formula is C23H23FN2O2. The van der Waals surface area contributed by atoms with Gasteiger partial charge in [0.25, 0.3) is 5.56 Å². The van der Waals surface area contributed by atoms with Gasteiger partial charge in [0, 0.05) is 12.1 Å². The fourth-order valence-corrected chi connectivity index (χ4v) is 3.88. The van der Waals surface area contributed by atoms with Crippen molar-refractivity contribution in [3.63, 3.8) is 0 Å². The molecule has 5 heteroatoms. The minimum atomic E-state index is -0.457. The van der Waals surface area contributed by atoms with E-state index in [0.29, 0.717) is 24.4 Å². The lowest BCUT2D eigenvalue weighted by Gasteiger charge is -2.21. The third-order valence-corrected chi connectivity index (χ3v) is 5.32. The monoisotopic (exact) mass is 378 g/mol. The third kappa shape index (κ3) is 3.44. The summed E-state index contributed by atoms with van der Waals surface area (Å²) in [7, 11) is 1.44. The molecule has 0 spiro atoms. The Morgan fingerprint density at radius 3 is 2.64 bits per heavy atom. The molecule has 1 aliphatic carbocycles. The number of ether oxygens (including phenoxy) is 1. The molecule has 0 saturated heterocycles. The third-order valence-electron chi connectivity index (χ3n) is 5.32. The van der Waals surface area contributed by atoms with Crippen LogP contribution in [0.2, 0.25) is 0 Å². The van der Waals surface area contributed by atoms with Gasteiger partial charge >= 0.3 is 0 Å². The van der Waals surface area contributed by atoms with Gasteiger partial charge in [-0.25, -0.2) is 9.37 Å². The molecule has 1 aromatic heterocycles. The summed E-state index contributed by atoms with van der Waals surface area (Å²) in [5, 5.41) is 0. The van der Waals surface area contributed by atoms with E-state index < -0.39 is 5.82 Å². The number of rotatable bonds is 5. The van der Waals surface area contributed by atoms with Gasteiger partial charge in [0.1, 0.15) is 5.82 Å². The number of methoxy groups -OCH3 is 1. The Hall–Kier alpha value is -2.95. The molecule has 0 radical (unpaired) electrons. The van der Waals surface area contributed by atoms with Crippen LogP contribution < -0.4 is 10.3 Å². The first-order valence-electron chi connectivity index (χ1n) is 9.68. The van der Waals surface area contributed by atoms with Crippen LogP contribution in [0.5, 0.6) is 5.75 Å². The van der Waals surface area contributed by atoms with Crippen molar-refractivity contribution >= 4 is 0 Å². The van der Waals surface area contributed by atoms with E-state index in [4.69, 9.17) is 9.72 Å². The molecule has 0 fully saturated rings. The zero-order chi connectivity index (χ0) is 19.5. The smallest absolute Gasteiger partial charge is 0.257 e. The second kappa shape index (κ2) is 7.97. The number of nitrogens with zero attached hydrogens (tertiary/aromatic N) is 2. The Labute approximate surface area is 163 Å². The van der Waals surface area contributed by atoms with Gasteiger partial charge in [0.15, 0.2) is 11.6 Å². The van der Waals surface area contributed by atoms with Crippen molar-refractivity contribution < 1.29 is 9.13 Å². The van der Waals surface area contributed by atoms with Crippen LogP contribution >= 0.6 is 0 Å². The maximum atomic E-state index is 14.3. The van der Waals surface area contributed by atoms with E-state index in [1.54, 1.807) is 16.7 Å². The van der Waals surface area contributed by atoms with Crippen molar-refractivity contribution in [1.29, 1.82) is 0 Å². The van der Waals surface area contributed by atoms with Crippen LogP contribution in [0.25, 0.3) is 11.4 Å². The number of benzene rings is 2. The van der Waals surface area contributed by atoms with Crippen molar-refractivity contribution in [3.05, 3.63) is 81.5 Å². The number of fused-ring (bicyclic) bond motifs is 1. The standard InChI is InChI=1S/C23H23FN2O2/c1-28-21-18(11-7-12-19(21)24)22-25-20-13-6-5-10-17(20)23(27)26(22)15-14-16-8-3-2-4-9-16/h2-4,7-9,11-12H,5-6,10,13-15H2,1H3. The van der Waals surface area contributed by atoms with Crippen molar-refractivity contribution in [2.45, 2.75) is 38.6 Å². The molecule has 4 nitrogen and oxygen atoms in total. The number of para-hydroxylation sites is 1. The zero-order valence-corrected chi connectivity index (χ0v) is 16.0. The van der Waals surface area contributed by atoms with Crippen LogP contribution in [0, 0.1) is 5.82 Å². The molecule has 0 unspecified atom stereocenters. The average molecular weight is 378 g/mol. The Balaban J connectivity index is 1.86. The van der Waals surface area contributed by atoms with E-state index in [1.807, 2.05) is 30.3 Å². The molecule has 3 aromatic rings. The topological polar surface area (TPSA) is 44.1 Å². The van der Waals surface area contributed by atoms with Gasteiger partial charge in [0.05, 0.1) is 18.4 Å². The molecule has 0 atom stereocenters. The van der Waals surface area contributed by atoms with Gasteiger partial charge < -0.3 is 4.74 Å². The second-order valence-corrected chi connectivity index (χ2v) is 7.08. The Morgan fingerprint density at radius 1 is 1.07 bits per heavy atom. The molecule has 4 rings (SSSR count). The maximum absolute atomic E-state index is 14.3. The quantitative estimate of drug-likeness (QED) is 0.669. The van der Waals surface area contributed by atoms with Crippen LogP contribution in [-0.4, -0.2) is 16.7 Å². The van der Waals surface area contributed by atoms with Crippen LogP contribution in [0.1, 0.15) is 29.7 Å².